The summed E-state index contributed by atoms with van der Waals surface area (Å²) in [5, 5.41) is 8.65. The fourth-order valence-electron chi connectivity index (χ4n) is 3.94. The summed E-state index contributed by atoms with van der Waals surface area (Å²) < 4.78 is 24.4. The molecule has 0 atom stereocenters. The van der Waals surface area contributed by atoms with E-state index in [2.05, 4.69) is 61.3 Å². The van der Waals surface area contributed by atoms with Crippen LogP contribution in [0.2, 0.25) is 0 Å². The number of alkyl halides is 1. The third-order valence-electron chi connectivity index (χ3n) is 5.92. The average Bonchev–Trinajstić information content (AvgIpc) is 3.48. The minimum absolute atomic E-state index is 0.312. The Balaban J connectivity index is 1.31. The second-order valence-electron chi connectivity index (χ2n) is 8.30. The van der Waals surface area contributed by atoms with Gasteiger partial charge in [-0.1, -0.05) is 17.3 Å². The van der Waals surface area contributed by atoms with Gasteiger partial charge in [0.1, 0.15) is 11.6 Å². The molecule has 0 amide bonds. The molecule has 1 fully saturated rings. The highest BCUT2D eigenvalue weighted by Gasteiger charge is 2.18. The molecule has 34 heavy (non-hydrogen) atoms. The summed E-state index contributed by atoms with van der Waals surface area (Å²) in [5.74, 6) is 2.24. The summed E-state index contributed by atoms with van der Waals surface area (Å²) in [7, 11) is 2.16. The molecule has 2 aromatic carbocycles. The van der Waals surface area contributed by atoms with E-state index in [-0.39, 0.29) is 0 Å². The number of likely N-dealkylation sites (N-methyl/N-ethyl adjacent to an activating group) is 1. The lowest BCUT2D eigenvalue weighted by molar-refractivity contribution is 0.192. The number of hydrogen-bond acceptors (Lipinski definition) is 8. The molecule has 1 aliphatic rings. The van der Waals surface area contributed by atoms with Gasteiger partial charge in [0.15, 0.2) is 0 Å². The van der Waals surface area contributed by atoms with E-state index < -0.39 is 6.86 Å². The molecule has 0 unspecified atom stereocenters. The molecule has 0 saturated carbocycles. The van der Waals surface area contributed by atoms with Crippen LogP contribution in [0.15, 0.2) is 53.1 Å². The van der Waals surface area contributed by atoms with Crippen LogP contribution < -0.4 is 9.64 Å². The number of nitrogens with zero attached hydrogens (tertiary/aromatic N) is 7. The van der Waals surface area contributed by atoms with E-state index in [1.807, 2.05) is 11.6 Å². The summed E-state index contributed by atoms with van der Waals surface area (Å²) in [6, 6.07) is 15.3. The lowest BCUT2D eigenvalue weighted by Crippen LogP contribution is -2.44. The van der Waals surface area contributed by atoms with E-state index in [4.69, 9.17) is 9.26 Å². The Labute approximate surface area is 196 Å². The van der Waals surface area contributed by atoms with Crippen LogP contribution in [-0.4, -0.2) is 69.9 Å². The summed E-state index contributed by atoms with van der Waals surface area (Å²) in [5.41, 5.74) is 3.08. The fourth-order valence-corrected chi connectivity index (χ4v) is 3.94. The topological polar surface area (TPSA) is 85.3 Å². The lowest BCUT2D eigenvalue weighted by Gasteiger charge is -2.34. The highest BCUT2D eigenvalue weighted by molar-refractivity contribution is 5.57. The standard InChI is InChI=1S/C24H26FN7O2/c1-17-26-22(23-27-24(34-29-23)19-6-8-21(9-7-19)33-16-25)28-32(17)15-18-4-3-5-20(14-18)31-12-10-30(2)11-13-31/h3-9,14H,10-13,15-16H2,1-2H3. The normalized spacial score (nSPS) is 14.5. The lowest BCUT2D eigenvalue weighted by atomic mass is 10.1. The van der Waals surface area contributed by atoms with Crippen molar-refractivity contribution in [2.45, 2.75) is 13.5 Å². The minimum Gasteiger partial charge on any atom is -0.463 e. The second kappa shape index (κ2) is 9.60. The Bertz CT molecular complexity index is 1250. The van der Waals surface area contributed by atoms with Gasteiger partial charge in [0.05, 0.1) is 6.54 Å². The van der Waals surface area contributed by atoms with Crippen molar-refractivity contribution in [2.24, 2.45) is 0 Å². The van der Waals surface area contributed by atoms with Crippen molar-refractivity contribution in [2.75, 3.05) is 45.0 Å². The van der Waals surface area contributed by atoms with Gasteiger partial charge >= 0.3 is 0 Å². The summed E-state index contributed by atoms with van der Waals surface area (Å²) in [4.78, 5) is 13.7. The Morgan fingerprint density at radius 1 is 1.00 bits per heavy atom. The minimum atomic E-state index is -0.877. The highest BCUT2D eigenvalue weighted by atomic mass is 19.1. The zero-order valence-electron chi connectivity index (χ0n) is 19.2. The molecule has 0 aliphatic carbocycles. The van der Waals surface area contributed by atoms with E-state index >= 15 is 0 Å². The Hall–Kier alpha value is -3.79. The zero-order chi connectivity index (χ0) is 23.5. The first-order valence-electron chi connectivity index (χ1n) is 11.2. The molecule has 10 heteroatoms. The molecule has 9 nitrogen and oxygen atoms in total. The number of benzene rings is 2. The zero-order valence-corrected chi connectivity index (χ0v) is 19.2. The molecule has 1 saturated heterocycles. The van der Waals surface area contributed by atoms with Crippen LogP contribution in [-0.2, 0) is 6.54 Å². The molecular weight excluding hydrogens is 437 g/mol. The van der Waals surface area contributed by atoms with Crippen LogP contribution >= 0.6 is 0 Å². The van der Waals surface area contributed by atoms with Crippen molar-refractivity contribution < 1.29 is 13.7 Å². The number of rotatable bonds is 7. The van der Waals surface area contributed by atoms with Gasteiger partial charge in [-0.15, -0.1) is 5.10 Å². The third-order valence-corrected chi connectivity index (χ3v) is 5.92. The van der Waals surface area contributed by atoms with Gasteiger partial charge < -0.3 is 19.1 Å². The molecule has 3 heterocycles. The molecule has 0 N–H and O–H groups in total. The van der Waals surface area contributed by atoms with E-state index in [1.165, 1.54) is 5.69 Å². The van der Waals surface area contributed by atoms with Crippen molar-refractivity contribution >= 4 is 5.69 Å². The van der Waals surface area contributed by atoms with Crippen LogP contribution in [0.25, 0.3) is 23.1 Å². The number of aryl methyl sites for hydroxylation is 1. The largest absolute Gasteiger partial charge is 0.463 e. The van der Waals surface area contributed by atoms with Crippen molar-refractivity contribution in [3.63, 3.8) is 0 Å². The molecule has 0 radical (unpaired) electrons. The second-order valence-corrected chi connectivity index (χ2v) is 8.30. The van der Waals surface area contributed by atoms with E-state index in [1.54, 1.807) is 24.3 Å². The molecule has 1 aliphatic heterocycles. The van der Waals surface area contributed by atoms with Crippen LogP contribution in [0.3, 0.4) is 0 Å². The van der Waals surface area contributed by atoms with Crippen molar-refractivity contribution in [3.05, 3.63) is 59.9 Å². The van der Waals surface area contributed by atoms with Crippen LogP contribution in [0, 0.1) is 6.92 Å². The molecule has 4 aromatic rings. The molecule has 5 rings (SSSR count). The van der Waals surface area contributed by atoms with E-state index in [0.717, 1.165) is 37.6 Å². The Morgan fingerprint density at radius 2 is 1.79 bits per heavy atom. The average molecular weight is 464 g/mol. The van der Waals surface area contributed by atoms with Gasteiger partial charge in [-0.05, 0) is 55.9 Å². The van der Waals surface area contributed by atoms with Crippen LogP contribution in [0.5, 0.6) is 5.75 Å². The smallest absolute Gasteiger partial charge is 0.258 e. The SMILES string of the molecule is Cc1nc(-c2noc(-c3ccc(OCF)cc3)n2)nn1Cc1cccc(N2CCN(C)CC2)c1. The van der Waals surface area contributed by atoms with Gasteiger partial charge in [-0.2, -0.15) is 4.98 Å². The molecular formula is C24H26FN7O2. The summed E-state index contributed by atoms with van der Waals surface area (Å²) in [6.45, 7) is 5.82. The van der Waals surface area contributed by atoms with Crippen molar-refractivity contribution in [3.8, 4) is 28.9 Å². The van der Waals surface area contributed by atoms with E-state index in [0.29, 0.717) is 35.4 Å². The van der Waals surface area contributed by atoms with E-state index in [9.17, 15) is 4.39 Å². The molecule has 0 spiro atoms. The highest BCUT2D eigenvalue weighted by Crippen LogP contribution is 2.24. The predicted molar refractivity (Wildman–Crippen MR) is 125 cm³/mol. The number of halogens is 1. The monoisotopic (exact) mass is 463 g/mol. The predicted octanol–water partition coefficient (Wildman–Crippen LogP) is 3.41. The molecule has 2 aromatic heterocycles. The Kier molecular flexibility index (Phi) is 6.22. The van der Waals surface area contributed by atoms with Gasteiger partial charge in [-0.25, -0.2) is 14.1 Å². The molecule has 0 bridgehead atoms. The van der Waals surface area contributed by atoms with Gasteiger partial charge in [-0.3, -0.25) is 0 Å². The van der Waals surface area contributed by atoms with Gasteiger partial charge in [0.25, 0.3) is 5.89 Å². The number of aromatic nitrogens is 5. The first-order valence-corrected chi connectivity index (χ1v) is 11.2. The quantitative estimate of drug-likeness (QED) is 0.412. The maximum atomic E-state index is 12.3. The summed E-state index contributed by atoms with van der Waals surface area (Å²) >= 11 is 0. The van der Waals surface area contributed by atoms with Crippen LogP contribution in [0.1, 0.15) is 11.4 Å². The number of anilines is 1. The fraction of sp³-hybridized carbons (Fsp3) is 0.333. The number of ether oxygens (including phenoxy) is 1. The van der Waals surface area contributed by atoms with Gasteiger partial charge in [0.2, 0.25) is 18.5 Å². The van der Waals surface area contributed by atoms with Crippen LogP contribution in [0.4, 0.5) is 10.1 Å². The molecule has 176 valence electrons. The maximum absolute atomic E-state index is 12.3. The first-order chi connectivity index (χ1) is 16.6. The Morgan fingerprint density at radius 3 is 2.56 bits per heavy atom. The third kappa shape index (κ3) is 4.76. The number of piperazine rings is 1. The maximum Gasteiger partial charge on any atom is 0.258 e. The summed E-state index contributed by atoms with van der Waals surface area (Å²) in [6.07, 6.45) is 0. The first kappa shape index (κ1) is 22.0. The number of hydrogen-bond donors (Lipinski definition) is 0. The van der Waals surface area contributed by atoms with Gasteiger partial charge in [0, 0.05) is 37.4 Å². The van der Waals surface area contributed by atoms with Crippen molar-refractivity contribution in [1.29, 1.82) is 0 Å². The van der Waals surface area contributed by atoms with Crippen molar-refractivity contribution in [1.82, 2.24) is 29.8 Å².